The predicted octanol–water partition coefficient (Wildman–Crippen LogP) is 5.04. The second kappa shape index (κ2) is 6.81. The summed E-state index contributed by atoms with van der Waals surface area (Å²) in [5.74, 6) is -0.415. The third-order valence-electron chi connectivity index (χ3n) is 3.75. The molecule has 11 heteroatoms. The number of nitrogens with one attached hydrogen (secondary N) is 1. The highest BCUT2D eigenvalue weighted by Gasteiger charge is 2.50. The van der Waals surface area contributed by atoms with E-state index < -0.39 is 22.1 Å². The van der Waals surface area contributed by atoms with Crippen molar-refractivity contribution in [3.05, 3.63) is 58.1 Å². The van der Waals surface area contributed by atoms with Gasteiger partial charge < -0.3 is 10.1 Å². The molecular weight excluding hydrogens is 428 g/mol. The van der Waals surface area contributed by atoms with Gasteiger partial charge in [-0.3, -0.25) is 0 Å². The molecule has 1 heterocycles. The SMILES string of the molecule is O=S(=O)(N(Cc1ccc(Cl)c(Cl)c1)c1cc2cc(O)ccc2[nH]1)C(F)(F)F. The Morgan fingerprint density at radius 3 is 2.37 bits per heavy atom. The van der Waals surface area contributed by atoms with Gasteiger partial charge >= 0.3 is 15.5 Å². The van der Waals surface area contributed by atoms with Crippen LogP contribution >= 0.6 is 23.2 Å². The van der Waals surface area contributed by atoms with Crippen molar-refractivity contribution in [2.24, 2.45) is 0 Å². The number of benzene rings is 2. The number of alkyl halides is 3. The lowest BCUT2D eigenvalue weighted by Gasteiger charge is -2.24. The summed E-state index contributed by atoms with van der Waals surface area (Å²) in [4.78, 5) is 2.62. The Kier molecular flexibility index (Phi) is 4.96. The van der Waals surface area contributed by atoms with Gasteiger partial charge in [0.15, 0.2) is 0 Å². The Hall–Kier alpha value is -2.10. The highest BCUT2D eigenvalue weighted by atomic mass is 35.5. The molecule has 3 aromatic rings. The molecular formula is C16H11Cl2F3N2O3S. The normalized spacial score (nSPS) is 12.5. The number of halogens is 5. The minimum Gasteiger partial charge on any atom is -0.508 e. The number of phenols is 1. The van der Waals surface area contributed by atoms with E-state index in [4.69, 9.17) is 23.2 Å². The molecule has 27 heavy (non-hydrogen) atoms. The predicted molar refractivity (Wildman–Crippen MR) is 97.6 cm³/mol. The van der Waals surface area contributed by atoms with E-state index in [0.29, 0.717) is 10.9 Å². The first-order valence-corrected chi connectivity index (χ1v) is 9.53. The highest BCUT2D eigenvalue weighted by Crippen LogP contribution is 2.34. The van der Waals surface area contributed by atoms with Crippen molar-refractivity contribution in [1.29, 1.82) is 0 Å². The van der Waals surface area contributed by atoms with Gasteiger partial charge in [-0.25, -0.2) is 4.31 Å². The summed E-state index contributed by atoms with van der Waals surface area (Å²) in [5.41, 5.74) is -4.94. The van der Waals surface area contributed by atoms with E-state index in [2.05, 4.69) is 4.98 Å². The second-order valence-corrected chi connectivity index (χ2v) is 8.30. The quantitative estimate of drug-likeness (QED) is 0.599. The third-order valence-corrected chi connectivity index (χ3v) is 5.98. The smallest absolute Gasteiger partial charge is 0.508 e. The van der Waals surface area contributed by atoms with E-state index in [1.54, 1.807) is 0 Å². The Morgan fingerprint density at radius 2 is 1.74 bits per heavy atom. The summed E-state index contributed by atoms with van der Waals surface area (Å²) in [6.45, 7) is -0.627. The van der Waals surface area contributed by atoms with Gasteiger partial charge in [0.25, 0.3) is 0 Å². The largest absolute Gasteiger partial charge is 0.516 e. The molecule has 0 spiro atoms. The van der Waals surface area contributed by atoms with Crippen LogP contribution < -0.4 is 4.31 Å². The van der Waals surface area contributed by atoms with E-state index in [1.165, 1.54) is 42.5 Å². The van der Waals surface area contributed by atoms with Crippen LogP contribution in [0.25, 0.3) is 10.9 Å². The van der Waals surface area contributed by atoms with Crippen LogP contribution in [0.15, 0.2) is 42.5 Å². The first kappa shape index (κ1) is 19.7. The van der Waals surface area contributed by atoms with E-state index in [1.807, 2.05) is 0 Å². The van der Waals surface area contributed by atoms with Crippen LogP contribution in [0.1, 0.15) is 5.56 Å². The maximum absolute atomic E-state index is 13.2. The van der Waals surface area contributed by atoms with Crippen LogP contribution in [0, 0.1) is 0 Å². The second-order valence-electron chi connectivity index (χ2n) is 5.63. The first-order chi connectivity index (χ1) is 12.5. The Bertz CT molecular complexity index is 1110. The maximum atomic E-state index is 13.2. The highest BCUT2D eigenvalue weighted by molar-refractivity contribution is 7.93. The fraction of sp³-hybridized carbons (Fsp3) is 0.125. The molecule has 1 aromatic heterocycles. The molecule has 0 radical (unpaired) electrons. The van der Waals surface area contributed by atoms with Gasteiger partial charge in [-0.15, -0.1) is 0 Å². The first-order valence-electron chi connectivity index (χ1n) is 7.34. The molecule has 0 aliphatic rings. The Morgan fingerprint density at radius 1 is 1.04 bits per heavy atom. The molecule has 2 N–H and O–H groups in total. The zero-order chi connectivity index (χ0) is 20.0. The number of hydrogen-bond donors (Lipinski definition) is 2. The zero-order valence-electron chi connectivity index (χ0n) is 13.3. The summed E-state index contributed by atoms with van der Waals surface area (Å²) in [6, 6.07) is 9.28. The van der Waals surface area contributed by atoms with Gasteiger partial charge in [-0.05, 0) is 42.0 Å². The molecule has 0 aliphatic carbocycles. The number of anilines is 1. The molecule has 0 atom stereocenters. The molecule has 144 valence electrons. The molecule has 3 rings (SSSR count). The lowest BCUT2D eigenvalue weighted by molar-refractivity contribution is -0.0439. The number of H-pyrrole nitrogens is 1. The van der Waals surface area contributed by atoms with Crippen LogP contribution in [0.3, 0.4) is 0 Å². The molecule has 0 bridgehead atoms. The fourth-order valence-electron chi connectivity index (χ4n) is 2.47. The number of aromatic hydroxyl groups is 1. The molecule has 0 saturated heterocycles. The molecule has 0 amide bonds. The molecule has 5 nitrogen and oxygen atoms in total. The van der Waals surface area contributed by atoms with Crippen LogP contribution in [0.4, 0.5) is 19.0 Å². The van der Waals surface area contributed by atoms with Crippen LogP contribution in [-0.4, -0.2) is 24.0 Å². The summed E-state index contributed by atoms with van der Waals surface area (Å²) >= 11 is 11.7. The van der Waals surface area contributed by atoms with Crippen molar-refractivity contribution in [3.8, 4) is 5.75 Å². The van der Waals surface area contributed by atoms with Crippen LogP contribution in [0.2, 0.25) is 10.0 Å². The summed E-state index contributed by atoms with van der Waals surface area (Å²) in [7, 11) is -5.71. The number of rotatable bonds is 4. The Balaban J connectivity index is 2.12. The molecule has 0 unspecified atom stereocenters. The Labute approximate surface area is 162 Å². The van der Waals surface area contributed by atoms with Crippen molar-refractivity contribution in [2.75, 3.05) is 4.31 Å². The fourth-order valence-corrected chi connectivity index (χ4v) is 3.71. The summed E-state index contributed by atoms with van der Waals surface area (Å²) in [6.07, 6.45) is 0. The molecule has 0 fully saturated rings. The van der Waals surface area contributed by atoms with E-state index in [9.17, 15) is 26.7 Å². The van der Waals surface area contributed by atoms with Gasteiger partial charge in [0.2, 0.25) is 0 Å². The topological polar surface area (TPSA) is 73.4 Å². The molecule has 0 aliphatic heterocycles. The van der Waals surface area contributed by atoms with Crippen LogP contribution in [0.5, 0.6) is 5.75 Å². The van der Waals surface area contributed by atoms with Gasteiger partial charge in [-0.2, -0.15) is 21.6 Å². The number of hydrogen-bond acceptors (Lipinski definition) is 3. The number of sulfonamides is 1. The monoisotopic (exact) mass is 438 g/mol. The van der Waals surface area contributed by atoms with Crippen molar-refractivity contribution in [3.63, 3.8) is 0 Å². The summed E-state index contributed by atoms with van der Waals surface area (Å²) < 4.78 is 64.1. The third kappa shape index (κ3) is 3.80. The van der Waals surface area contributed by atoms with Crippen molar-refractivity contribution < 1.29 is 26.7 Å². The summed E-state index contributed by atoms with van der Waals surface area (Å²) in [5, 5.41) is 10.1. The minimum atomic E-state index is -5.71. The van der Waals surface area contributed by atoms with Gasteiger partial charge in [0, 0.05) is 10.9 Å². The lowest BCUT2D eigenvalue weighted by Crippen LogP contribution is -2.40. The van der Waals surface area contributed by atoms with E-state index in [-0.39, 0.29) is 31.5 Å². The zero-order valence-corrected chi connectivity index (χ0v) is 15.6. The van der Waals surface area contributed by atoms with Crippen molar-refractivity contribution >= 4 is 49.9 Å². The number of aromatic nitrogens is 1. The standard InChI is InChI=1S/C16H11Cl2F3N2O3S/c17-12-3-1-9(5-13(12)18)8-23(27(25,26)16(19,20)21)15-7-10-6-11(24)2-4-14(10)22-15/h1-7,22,24H,8H2. The number of nitrogens with zero attached hydrogens (tertiary/aromatic N) is 1. The van der Waals surface area contributed by atoms with Gasteiger partial charge in [0.1, 0.15) is 11.6 Å². The van der Waals surface area contributed by atoms with E-state index in [0.717, 1.165) is 0 Å². The maximum Gasteiger partial charge on any atom is 0.516 e. The van der Waals surface area contributed by atoms with Crippen LogP contribution in [-0.2, 0) is 16.6 Å². The average molecular weight is 439 g/mol. The molecule has 0 saturated carbocycles. The van der Waals surface area contributed by atoms with Gasteiger partial charge in [-0.1, -0.05) is 29.3 Å². The van der Waals surface area contributed by atoms with Gasteiger partial charge in [0.05, 0.1) is 16.6 Å². The lowest BCUT2D eigenvalue weighted by atomic mass is 10.2. The van der Waals surface area contributed by atoms with Crippen molar-refractivity contribution in [2.45, 2.75) is 12.1 Å². The van der Waals surface area contributed by atoms with E-state index >= 15 is 0 Å². The number of fused-ring (bicyclic) bond motifs is 1. The number of phenolic OH excluding ortho intramolecular Hbond substituents is 1. The number of aromatic amines is 1. The van der Waals surface area contributed by atoms with Crippen molar-refractivity contribution in [1.82, 2.24) is 4.98 Å². The molecule has 2 aromatic carbocycles. The average Bonchev–Trinajstić information content (AvgIpc) is 2.97. The minimum absolute atomic E-state index is 0.0834.